The second kappa shape index (κ2) is 10.4. The van der Waals surface area contributed by atoms with Gasteiger partial charge in [0.25, 0.3) is 5.91 Å². The van der Waals surface area contributed by atoms with Crippen LogP contribution >= 0.6 is 0 Å². The number of sulfonamides is 1. The Bertz CT molecular complexity index is 1340. The molecule has 5 rings (SSSR count). The number of aromatic nitrogens is 1. The summed E-state index contributed by atoms with van der Waals surface area (Å²) in [4.78, 5) is 22.7. The second-order valence-electron chi connectivity index (χ2n) is 12.6. The Kier molecular flexibility index (Phi) is 7.41. The van der Waals surface area contributed by atoms with Gasteiger partial charge in [0.1, 0.15) is 11.6 Å². The average Bonchev–Trinajstić information content (AvgIpc) is 3.61. The molecule has 2 aliphatic heterocycles. The van der Waals surface area contributed by atoms with E-state index in [0.717, 1.165) is 56.7 Å². The van der Waals surface area contributed by atoms with Crippen molar-refractivity contribution in [3.05, 3.63) is 41.5 Å². The highest BCUT2D eigenvalue weighted by molar-refractivity contribution is 7.89. The zero-order valence-electron chi connectivity index (χ0n) is 23.5. The molecule has 0 radical (unpaired) electrons. The van der Waals surface area contributed by atoms with E-state index in [4.69, 9.17) is 0 Å². The van der Waals surface area contributed by atoms with Gasteiger partial charge in [-0.3, -0.25) is 4.79 Å². The number of aliphatic hydroxyl groups is 1. The van der Waals surface area contributed by atoms with Gasteiger partial charge in [0.15, 0.2) is 0 Å². The number of amides is 1. The number of nitrogens with zero attached hydrogens (tertiary/aromatic N) is 3. The zero-order valence-corrected chi connectivity index (χ0v) is 24.3. The van der Waals surface area contributed by atoms with Crippen molar-refractivity contribution < 1.29 is 18.3 Å². The fraction of sp³-hybridized carbons (Fsp3) is 0.586. The molecule has 212 valence electrons. The number of pyridine rings is 1. The lowest BCUT2D eigenvalue weighted by atomic mass is 9.93. The van der Waals surface area contributed by atoms with Gasteiger partial charge in [-0.1, -0.05) is 0 Å². The van der Waals surface area contributed by atoms with E-state index in [1.165, 1.54) is 18.9 Å². The Morgan fingerprint density at radius 3 is 2.41 bits per heavy atom. The van der Waals surface area contributed by atoms with E-state index in [1.807, 2.05) is 24.0 Å². The lowest BCUT2D eigenvalue weighted by molar-refractivity contribution is 0.102. The van der Waals surface area contributed by atoms with Gasteiger partial charge >= 0.3 is 0 Å². The Labute approximate surface area is 232 Å². The third kappa shape index (κ3) is 6.56. The molecule has 2 saturated heterocycles. The van der Waals surface area contributed by atoms with Crippen LogP contribution in [0.3, 0.4) is 0 Å². The molecule has 3 fully saturated rings. The summed E-state index contributed by atoms with van der Waals surface area (Å²) in [6.45, 7) is 10.3. The minimum absolute atomic E-state index is 0.148. The van der Waals surface area contributed by atoms with Crippen LogP contribution in [0.15, 0.2) is 35.2 Å². The van der Waals surface area contributed by atoms with E-state index in [0.29, 0.717) is 29.0 Å². The third-order valence-corrected chi connectivity index (χ3v) is 9.76. The lowest BCUT2D eigenvalue weighted by Gasteiger charge is -2.35. The highest BCUT2D eigenvalue weighted by Crippen LogP contribution is 2.54. The third-order valence-electron chi connectivity index (χ3n) is 8.00. The number of hydrogen-bond donors (Lipinski definition) is 3. The molecule has 1 aromatic carbocycles. The molecule has 2 aromatic rings. The van der Waals surface area contributed by atoms with Crippen molar-refractivity contribution in [2.24, 2.45) is 5.41 Å². The molecule has 0 bridgehead atoms. The Morgan fingerprint density at radius 1 is 1.05 bits per heavy atom. The van der Waals surface area contributed by atoms with Crippen molar-refractivity contribution >= 4 is 33.3 Å². The topological polar surface area (TPSA) is 115 Å². The van der Waals surface area contributed by atoms with Crippen LogP contribution in [0.2, 0.25) is 0 Å². The molecule has 1 unspecified atom stereocenters. The molecule has 1 spiro atoms. The van der Waals surface area contributed by atoms with Crippen LogP contribution < -0.4 is 19.8 Å². The molecule has 3 heterocycles. The van der Waals surface area contributed by atoms with Crippen molar-refractivity contribution in [1.82, 2.24) is 9.71 Å². The van der Waals surface area contributed by atoms with E-state index in [9.17, 15) is 18.3 Å². The number of nitrogens with one attached hydrogen (secondary N) is 2. The first kappa shape index (κ1) is 27.9. The fourth-order valence-electron chi connectivity index (χ4n) is 5.71. The van der Waals surface area contributed by atoms with Gasteiger partial charge in [-0.25, -0.2) is 18.1 Å². The molecule has 9 nitrogen and oxygen atoms in total. The Balaban J connectivity index is 1.44. The van der Waals surface area contributed by atoms with Gasteiger partial charge in [-0.05, 0) is 108 Å². The van der Waals surface area contributed by atoms with Gasteiger partial charge < -0.3 is 20.2 Å². The number of rotatable bonds is 6. The molecule has 1 saturated carbocycles. The minimum atomic E-state index is -3.77. The predicted octanol–water partition coefficient (Wildman–Crippen LogP) is 4.06. The predicted molar refractivity (Wildman–Crippen MR) is 154 cm³/mol. The van der Waals surface area contributed by atoms with Crippen LogP contribution in [0.25, 0.3) is 0 Å². The summed E-state index contributed by atoms with van der Waals surface area (Å²) in [5.41, 5.74) is 1.83. The molecule has 3 N–H and O–H groups in total. The zero-order chi connectivity index (χ0) is 28.0. The van der Waals surface area contributed by atoms with Gasteiger partial charge in [-0.2, -0.15) is 0 Å². The SMILES string of the molecule is Cc1cc(NC(=O)c2ccc(S(=O)(=O)NC(C)(C)C)cc2N2CCC3(CC2)CC3)nc(N2CCCC(O)C2)c1. The fourth-order valence-corrected chi connectivity index (χ4v) is 7.15. The van der Waals surface area contributed by atoms with Crippen molar-refractivity contribution in [3.63, 3.8) is 0 Å². The first-order chi connectivity index (χ1) is 18.3. The minimum Gasteiger partial charge on any atom is -0.391 e. The summed E-state index contributed by atoms with van der Waals surface area (Å²) >= 11 is 0. The number of hydrogen-bond acceptors (Lipinski definition) is 7. The summed E-state index contributed by atoms with van der Waals surface area (Å²) in [5, 5.41) is 13.1. The molecule has 10 heteroatoms. The Hall–Kier alpha value is -2.69. The van der Waals surface area contributed by atoms with Crippen molar-refractivity contribution in [2.45, 2.75) is 82.8 Å². The van der Waals surface area contributed by atoms with E-state index in [2.05, 4.69) is 19.9 Å². The number of carbonyl (C=O) groups is 1. The van der Waals surface area contributed by atoms with E-state index >= 15 is 0 Å². The summed E-state index contributed by atoms with van der Waals surface area (Å²) in [7, 11) is -3.77. The van der Waals surface area contributed by atoms with Gasteiger partial charge in [0, 0.05) is 31.7 Å². The standard InChI is InChI=1S/C29H41N5O4S/c1-20-16-25(30-26(17-20)34-13-5-6-21(35)19-34)31-27(36)23-8-7-22(39(37,38)32-28(2,3)4)18-24(23)33-14-11-29(9-10-29)12-15-33/h7-8,16-18,21,32,35H,5-6,9-15,19H2,1-4H3,(H,30,31,36). The summed E-state index contributed by atoms with van der Waals surface area (Å²) in [6, 6.07) is 8.54. The normalized spacial score (nSPS) is 21.2. The molecule has 1 atom stereocenters. The number of aryl methyl sites for hydroxylation is 1. The number of carbonyl (C=O) groups excluding carboxylic acids is 1. The maximum atomic E-state index is 13.7. The van der Waals surface area contributed by atoms with Crippen LogP contribution in [-0.2, 0) is 10.0 Å². The van der Waals surface area contributed by atoms with Crippen LogP contribution in [0.4, 0.5) is 17.3 Å². The number of β-amino-alcohol motifs (C(OH)–C–C–N with tert-alkyl or cyclic N) is 1. The van der Waals surface area contributed by atoms with Crippen molar-refractivity contribution in [1.29, 1.82) is 0 Å². The smallest absolute Gasteiger partial charge is 0.258 e. The van der Waals surface area contributed by atoms with Gasteiger partial charge in [-0.15, -0.1) is 0 Å². The summed E-state index contributed by atoms with van der Waals surface area (Å²) < 4.78 is 29.0. The monoisotopic (exact) mass is 555 g/mol. The van der Waals surface area contributed by atoms with E-state index in [-0.39, 0.29) is 16.9 Å². The van der Waals surface area contributed by atoms with Crippen molar-refractivity contribution in [2.75, 3.05) is 41.3 Å². The summed E-state index contributed by atoms with van der Waals surface area (Å²) in [6.07, 6.45) is 5.90. The molecule has 39 heavy (non-hydrogen) atoms. The maximum Gasteiger partial charge on any atom is 0.258 e. The Morgan fingerprint density at radius 2 is 1.77 bits per heavy atom. The number of benzene rings is 1. The van der Waals surface area contributed by atoms with Gasteiger partial charge in [0.05, 0.1) is 22.3 Å². The first-order valence-corrected chi connectivity index (χ1v) is 15.5. The van der Waals surface area contributed by atoms with Crippen LogP contribution in [0.1, 0.15) is 75.2 Å². The quantitative estimate of drug-likeness (QED) is 0.492. The number of piperidine rings is 2. The molecular formula is C29H41N5O4S. The average molecular weight is 556 g/mol. The second-order valence-corrected chi connectivity index (χ2v) is 14.3. The maximum absolute atomic E-state index is 13.7. The highest BCUT2D eigenvalue weighted by Gasteiger charge is 2.44. The van der Waals surface area contributed by atoms with Gasteiger partial charge in [0.2, 0.25) is 10.0 Å². The first-order valence-electron chi connectivity index (χ1n) is 14.0. The number of anilines is 3. The molecule has 1 aromatic heterocycles. The molecule has 1 amide bonds. The molecule has 3 aliphatic rings. The lowest BCUT2D eigenvalue weighted by Crippen LogP contribution is -2.40. The van der Waals surface area contributed by atoms with Crippen LogP contribution in [0.5, 0.6) is 0 Å². The van der Waals surface area contributed by atoms with Crippen LogP contribution in [0, 0.1) is 12.3 Å². The van der Waals surface area contributed by atoms with E-state index in [1.54, 1.807) is 32.9 Å². The van der Waals surface area contributed by atoms with Crippen LogP contribution in [-0.4, -0.2) is 62.2 Å². The largest absolute Gasteiger partial charge is 0.391 e. The molecular weight excluding hydrogens is 514 g/mol. The number of aliphatic hydroxyl groups excluding tert-OH is 1. The van der Waals surface area contributed by atoms with Crippen molar-refractivity contribution in [3.8, 4) is 0 Å². The highest BCUT2D eigenvalue weighted by atomic mass is 32.2. The summed E-state index contributed by atoms with van der Waals surface area (Å²) in [5.74, 6) is 0.833. The molecule has 1 aliphatic carbocycles. The van der Waals surface area contributed by atoms with E-state index < -0.39 is 15.6 Å².